The topological polar surface area (TPSA) is 61.0 Å². The lowest BCUT2D eigenvalue weighted by atomic mass is 9.93. The predicted molar refractivity (Wildman–Crippen MR) is 85.8 cm³/mol. The Morgan fingerprint density at radius 3 is 3.04 bits per heavy atom. The number of carbonyl (C=O) groups is 1. The van der Waals surface area contributed by atoms with Crippen molar-refractivity contribution in [2.24, 2.45) is 5.92 Å². The van der Waals surface area contributed by atoms with Gasteiger partial charge in [0.25, 0.3) is 5.91 Å². The standard InChI is InChI=1S/C16H18ClFN4O/c1-22-7-5-11(9-19-16(23)14-4-6-20-21-14)15(22)10-2-3-12(17)13(18)8-10/h2-4,6,8,11,15H,5,7,9H2,1H3,(H,19,23)(H,20,21)/t11-,15-/m1/s1. The van der Waals surface area contributed by atoms with E-state index in [1.165, 1.54) is 12.3 Å². The number of amides is 1. The summed E-state index contributed by atoms with van der Waals surface area (Å²) >= 11 is 5.76. The Balaban J connectivity index is 1.71. The molecule has 0 radical (unpaired) electrons. The normalized spacial score (nSPS) is 21.5. The molecule has 1 aliphatic heterocycles. The lowest BCUT2D eigenvalue weighted by molar-refractivity contribution is 0.0938. The molecule has 3 rings (SSSR count). The van der Waals surface area contributed by atoms with Crippen LogP contribution in [0.25, 0.3) is 0 Å². The second kappa shape index (κ2) is 6.68. The molecule has 2 aromatic rings. The Morgan fingerprint density at radius 2 is 2.35 bits per heavy atom. The Kier molecular flexibility index (Phi) is 4.63. The van der Waals surface area contributed by atoms with Gasteiger partial charge in [-0.05, 0) is 49.7 Å². The van der Waals surface area contributed by atoms with Gasteiger partial charge in [-0.25, -0.2) is 4.39 Å². The Morgan fingerprint density at radius 1 is 1.52 bits per heavy atom. The van der Waals surface area contributed by atoms with Crippen molar-refractivity contribution in [3.05, 3.63) is 52.6 Å². The first kappa shape index (κ1) is 16.0. The Labute approximate surface area is 138 Å². The molecule has 0 saturated carbocycles. The fourth-order valence-electron chi connectivity index (χ4n) is 3.16. The number of aromatic amines is 1. The summed E-state index contributed by atoms with van der Waals surface area (Å²) in [6.07, 6.45) is 2.48. The minimum atomic E-state index is -0.412. The van der Waals surface area contributed by atoms with Crippen LogP contribution in [-0.2, 0) is 0 Å². The van der Waals surface area contributed by atoms with E-state index in [9.17, 15) is 9.18 Å². The molecular formula is C16H18ClFN4O. The van der Waals surface area contributed by atoms with Crippen molar-refractivity contribution in [1.82, 2.24) is 20.4 Å². The zero-order chi connectivity index (χ0) is 16.4. The van der Waals surface area contributed by atoms with E-state index in [-0.39, 0.29) is 22.9 Å². The first-order valence-electron chi connectivity index (χ1n) is 7.49. The highest BCUT2D eigenvalue weighted by Gasteiger charge is 2.33. The van der Waals surface area contributed by atoms with Gasteiger partial charge >= 0.3 is 0 Å². The number of benzene rings is 1. The van der Waals surface area contributed by atoms with Gasteiger partial charge in [-0.15, -0.1) is 0 Å². The average molecular weight is 337 g/mol. The zero-order valence-electron chi connectivity index (χ0n) is 12.7. The minimum Gasteiger partial charge on any atom is -0.350 e. The summed E-state index contributed by atoms with van der Waals surface area (Å²) in [5.41, 5.74) is 1.32. The number of halogens is 2. The van der Waals surface area contributed by atoms with E-state index in [0.29, 0.717) is 12.2 Å². The van der Waals surface area contributed by atoms with Gasteiger partial charge in [-0.1, -0.05) is 17.7 Å². The molecule has 1 aliphatic rings. The second-order valence-corrected chi connectivity index (χ2v) is 6.24. The third-order valence-electron chi connectivity index (χ3n) is 4.33. The van der Waals surface area contributed by atoms with Crippen molar-refractivity contribution in [3.8, 4) is 0 Å². The van der Waals surface area contributed by atoms with Gasteiger partial charge in [0.05, 0.1) is 5.02 Å². The molecule has 1 saturated heterocycles. The predicted octanol–water partition coefficient (Wildman–Crippen LogP) is 2.63. The summed E-state index contributed by atoms with van der Waals surface area (Å²) in [6.45, 7) is 1.43. The Bertz CT molecular complexity index is 691. The molecule has 5 nitrogen and oxygen atoms in total. The van der Waals surface area contributed by atoms with Crippen LogP contribution in [0.2, 0.25) is 5.02 Å². The third kappa shape index (κ3) is 3.38. The van der Waals surface area contributed by atoms with Crippen molar-refractivity contribution in [3.63, 3.8) is 0 Å². The molecular weight excluding hydrogens is 319 g/mol. The highest BCUT2D eigenvalue weighted by molar-refractivity contribution is 6.30. The molecule has 2 atom stereocenters. The maximum atomic E-state index is 13.8. The SMILES string of the molecule is CN1CC[C@H](CNC(=O)c2ccn[nH]2)[C@H]1c1ccc(Cl)c(F)c1. The number of nitrogens with one attached hydrogen (secondary N) is 2. The van der Waals surface area contributed by atoms with Gasteiger partial charge in [0.15, 0.2) is 0 Å². The van der Waals surface area contributed by atoms with E-state index in [0.717, 1.165) is 18.5 Å². The lowest BCUT2D eigenvalue weighted by Gasteiger charge is -2.26. The largest absolute Gasteiger partial charge is 0.350 e. The van der Waals surface area contributed by atoms with E-state index in [2.05, 4.69) is 20.4 Å². The van der Waals surface area contributed by atoms with Crippen molar-refractivity contribution in [2.45, 2.75) is 12.5 Å². The van der Waals surface area contributed by atoms with E-state index in [1.807, 2.05) is 13.1 Å². The highest BCUT2D eigenvalue weighted by Crippen LogP contribution is 2.36. The summed E-state index contributed by atoms with van der Waals surface area (Å²) in [6, 6.07) is 6.60. The fourth-order valence-corrected chi connectivity index (χ4v) is 3.28. The summed E-state index contributed by atoms with van der Waals surface area (Å²) in [5, 5.41) is 9.45. The summed E-state index contributed by atoms with van der Waals surface area (Å²) in [4.78, 5) is 14.2. The average Bonchev–Trinajstić information content (AvgIpc) is 3.18. The van der Waals surface area contributed by atoms with Crippen LogP contribution in [0.4, 0.5) is 4.39 Å². The van der Waals surface area contributed by atoms with E-state index >= 15 is 0 Å². The van der Waals surface area contributed by atoms with Crippen molar-refractivity contribution < 1.29 is 9.18 Å². The van der Waals surface area contributed by atoms with Crippen LogP contribution in [0.1, 0.15) is 28.5 Å². The summed E-state index contributed by atoms with van der Waals surface area (Å²) < 4.78 is 13.8. The van der Waals surface area contributed by atoms with Crippen LogP contribution >= 0.6 is 11.6 Å². The molecule has 122 valence electrons. The maximum Gasteiger partial charge on any atom is 0.269 e. The smallest absolute Gasteiger partial charge is 0.269 e. The van der Waals surface area contributed by atoms with Gasteiger partial charge in [0, 0.05) is 18.8 Å². The molecule has 1 fully saturated rings. The van der Waals surface area contributed by atoms with Gasteiger partial charge in [0.1, 0.15) is 11.5 Å². The number of rotatable bonds is 4. The summed E-state index contributed by atoms with van der Waals surface area (Å²) in [7, 11) is 2.01. The molecule has 1 aromatic carbocycles. The maximum absolute atomic E-state index is 13.8. The zero-order valence-corrected chi connectivity index (χ0v) is 13.5. The molecule has 2 N–H and O–H groups in total. The molecule has 23 heavy (non-hydrogen) atoms. The number of hydrogen-bond acceptors (Lipinski definition) is 3. The number of hydrogen-bond donors (Lipinski definition) is 2. The van der Waals surface area contributed by atoms with Crippen molar-refractivity contribution in [2.75, 3.05) is 20.1 Å². The number of aromatic nitrogens is 2. The molecule has 0 bridgehead atoms. The van der Waals surface area contributed by atoms with Crippen LogP contribution in [0.15, 0.2) is 30.5 Å². The molecule has 1 aromatic heterocycles. The number of nitrogens with zero attached hydrogens (tertiary/aromatic N) is 2. The first-order valence-corrected chi connectivity index (χ1v) is 7.87. The number of likely N-dealkylation sites (tertiary alicyclic amines) is 1. The Hall–Kier alpha value is -1.92. The second-order valence-electron chi connectivity index (χ2n) is 5.83. The van der Waals surface area contributed by atoms with Crippen LogP contribution in [0, 0.1) is 11.7 Å². The minimum absolute atomic E-state index is 0.0591. The fraction of sp³-hybridized carbons (Fsp3) is 0.375. The molecule has 0 aliphatic carbocycles. The van der Waals surface area contributed by atoms with Crippen molar-refractivity contribution >= 4 is 17.5 Å². The van der Waals surface area contributed by atoms with E-state index in [4.69, 9.17) is 11.6 Å². The molecule has 1 amide bonds. The van der Waals surface area contributed by atoms with E-state index < -0.39 is 5.82 Å². The lowest BCUT2D eigenvalue weighted by Crippen LogP contribution is -2.32. The number of carbonyl (C=O) groups excluding carboxylic acids is 1. The molecule has 2 heterocycles. The van der Waals surface area contributed by atoms with Crippen LogP contribution in [0.5, 0.6) is 0 Å². The molecule has 0 unspecified atom stereocenters. The van der Waals surface area contributed by atoms with Crippen molar-refractivity contribution in [1.29, 1.82) is 0 Å². The first-order chi connectivity index (χ1) is 11.1. The van der Waals surface area contributed by atoms with Crippen LogP contribution < -0.4 is 5.32 Å². The van der Waals surface area contributed by atoms with Gasteiger partial charge < -0.3 is 5.32 Å². The third-order valence-corrected chi connectivity index (χ3v) is 4.64. The molecule has 7 heteroatoms. The van der Waals surface area contributed by atoms with Gasteiger partial charge in [-0.2, -0.15) is 5.10 Å². The van der Waals surface area contributed by atoms with Crippen LogP contribution in [-0.4, -0.2) is 41.1 Å². The van der Waals surface area contributed by atoms with Gasteiger partial charge in [0.2, 0.25) is 0 Å². The van der Waals surface area contributed by atoms with E-state index in [1.54, 1.807) is 12.1 Å². The monoisotopic (exact) mass is 336 g/mol. The molecule has 0 spiro atoms. The quantitative estimate of drug-likeness (QED) is 0.902. The number of H-pyrrole nitrogens is 1. The van der Waals surface area contributed by atoms with Gasteiger partial charge in [-0.3, -0.25) is 14.8 Å². The highest BCUT2D eigenvalue weighted by atomic mass is 35.5. The summed E-state index contributed by atoms with van der Waals surface area (Å²) in [5.74, 6) is -0.379. The van der Waals surface area contributed by atoms with Crippen LogP contribution in [0.3, 0.4) is 0 Å².